The molecule has 0 aliphatic carbocycles. The maximum absolute atomic E-state index is 11.7. The highest BCUT2D eigenvalue weighted by Crippen LogP contribution is 1.99. The molecule has 1 heterocycles. The lowest BCUT2D eigenvalue weighted by Crippen LogP contribution is -2.23. The Morgan fingerprint density at radius 3 is 2.71 bits per heavy atom. The minimum absolute atomic E-state index is 0.0955. The average molecular weight is 227 g/mol. The third-order valence-electron chi connectivity index (χ3n) is 2.30. The molecule has 0 saturated carbocycles. The molecule has 1 amide bonds. The second-order valence-corrected chi connectivity index (χ2v) is 3.64. The van der Waals surface area contributed by atoms with E-state index >= 15 is 0 Å². The molecule has 0 unspecified atom stereocenters. The van der Waals surface area contributed by atoms with E-state index < -0.39 is 0 Å². The number of carbonyl (C=O) groups excluding carboxylic acids is 1. The number of aromatic nitrogens is 2. The molecule has 0 spiro atoms. The van der Waals surface area contributed by atoms with Crippen molar-refractivity contribution in [1.82, 2.24) is 15.3 Å². The Bertz CT molecular complexity index is 511. The Balaban J connectivity index is 1.97. The minimum atomic E-state index is -0.0955. The molecule has 2 rings (SSSR count). The van der Waals surface area contributed by atoms with Gasteiger partial charge in [0.15, 0.2) is 0 Å². The zero-order chi connectivity index (χ0) is 12.1. The van der Waals surface area contributed by atoms with Crippen molar-refractivity contribution in [3.05, 3.63) is 59.7 Å². The molecule has 0 atom stereocenters. The van der Waals surface area contributed by atoms with E-state index in [0.717, 1.165) is 5.69 Å². The van der Waals surface area contributed by atoms with E-state index in [-0.39, 0.29) is 5.91 Å². The van der Waals surface area contributed by atoms with Gasteiger partial charge in [-0.25, -0.2) is 9.97 Å². The number of hydrogen-bond donors (Lipinski definition) is 1. The number of amides is 1. The number of rotatable bonds is 3. The highest BCUT2D eigenvalue weighted by molar-refractivity contribution is 5.93. The van der Waals surface area contributed by atoms with E-state index in [1.807, 2.05) is 25.1 Å². The number of hydrogen-bond acceptors (Lipinski definition) is 3. The van der Waals surface area contributed by atoms with Crippen LogP contribution in [-0.2, 0) is 6.54 Å². The highest BCUT2D eigenvalue weighted by Gasteiger charge is 2.04. The molecular weight excluding hydrogens is 214 g/mol. The number of nitrogens with one attached hydrogen (secondary N) is 1. The largest absolute Gasteiger partial charge is 0.346 e. The van der Waals surface area contributed by atoms with Crippen LogP contribution in [0, 0.1) is 6.92 Å². The fraction of sp³-hybridized carbons (Fsp3) is 0.154. The van der Waals surface area contributed by atoms with Crippen LogP contribution in [0.1, 0.15) is 21.9 Å². The summed E-state index contributed by atoms with van der Waals surface area (Å²) >= 11 is 0. The van der Waals surface area contributed by atoms with Crippen molar-refractivity contribution in [2.45, 2.75) is 13.5 Å². The van der Waals surface area contributed by atoms with Crippen molar-refractivity contribution in [3.63, 3.8) is 0 Å². The molecule has 2 aromatic rings. The lowest BCUT2D eigenvalue weighted by molar-refractivity contribution is 0.0950. The van der Waals surface area contributed by atoms with Gasteiger partial charge in [-0.2, -0.15) is 0 Å². The van der Waals surface area contributed by atoms with Crippen LogP contribution in [0.4, 0.5) is 0 Å². The standard InChI is InChI=1S/C13H13N3O/c1-10-14-8-7-12(16-10)9-15-13(17)11-5-3-2-4-6-11/h2-8H,9H2,1H3,(H,15,17). The van der Waals surface area contributed by atoms with Crippen molar-refractivity contribution in [2.75, 3.05) is 0 Å². The smallest absolute Gasteiger partial charge is 0.251 e. The maximum atomic E-state index is 11.7. The first-order valence-corrected chi connectivity index (χ1v) is 5.37. The molecule has 0 aliphatic heterocycles. The van der Waals surface area contributed by atoms with Crippen molar-refractivity contribution in [2.24, 2.45) is 0 Å². The molecule has 0 bridgehead atoms. The van der Waals surface area contributed by atoms with Crippen LogP contribution in [-0.4, -0.2) is 15.9 Å². The summed E-state index contributed by atoms with van der Waals surface area (Å²) in [6, 6.07) is 10.9. The molecule has 0 fully saturated rings. The van der Waals surface area contributed by atoms with Crippen LogP contribution >= 0.6 is 0 Å². The summed E-state index contributed by atoms with van der Waals surface area (Å²) in [5.74, 6) is 0.610. The molecule has 0 radical (unpaired) electrons. The van der Waals surface area contributed by atoms with Gasteiger partial charge in [0, 0.05) is 11.8 Å². The summed E-state index contributed by atoms with van der Waals surface area (Å²) in [5.41, 5.74) is 1.46. The van der Waals surface area contributed by atoms with Crippen molar-refractivity contribution in [1.29, 1.82) is 0 Å². The quantitative estimate of drug-likeness (QED) is 0.868. The fourth-order valence-corrected chi connectivity index (χ4v) is 1.47. The maximum Gasteiger partial charge on any atom is 0.251 e. The summed E-state index contributed by atoms with van der Waals surface area (Å²) in [5, 5.41) is 2.81. The molecule has 4 heteroatoms. The molecule has 17 heavy (non-hydrogen) atoms. The summed E-state index contributed by atoms with van der Waals surface area (Å²) in [6.45, 7) is 2.24. The van der Waals surface area contributed by atoms with E-state index in [4.69, 9.17) is 0 Å². The average Bonchev–Trinajstić information content (AvgIpc) is 2.37. The summed E-state index contributed by atoms with van der Waals surface area (Å²) in [7, 11) is 0. The van der Waals surface area contributed by atoms with Crippen LogP contribution in [0.2, 0.25) is 0 Å². The first kappa shape index (κ1) is 11.3. The third kappa shape index (κ3) is 3.11. The molecule has 1 aromatic heterocycles. The van der Waals surface area contributed by atoms with E-state index in [0.29, 0.717) is 17.9 Å². The van der Waals surface area contributed by atoms with Crippen LogP contribution in [0.5, 0.6) is 0 Å². The van der Waals surface area contributed by atoms with Crippen molar-refractivity contribution in [3.8, 4) is 0 Å². The van der Waals surface area contributed by atoms with Crippen LogP contribution in [0.15, 0.2) is 42.6 Å². The number of nitrogens with zero attached hydrogens (tertiary/aromatic N) is 2. The Kier molecular flexibility index (Phi) is 3.45. The Labute approximate surface area is 99.7 Å². The SMILES string of the molecule is Cc1nccc(CNC(=O)c2ccccc2)n1. The predicted octanol–water partition coefficient (Wildman–Crippen LogP) is 1.72. The lowest BCUT2D eigenvalue weighted by Gasteiger charge is -2.04. The van der Waals surface area contributed by atoms with E-state index in [2.05, 4.69) is 15.3 Å². The second-order valence-electron chi connectivity index (χ2n) is 3.64. The van der Waals surface area contributed by atoms with Gasteiger partial charge in [0.05, 0.1) is 12.2 Å². The predicted molar refractivity (Wildman–Crippen MR) is 64.4 cm³/mol. The summed E-state index contributed by atoms with van der Waals surface area (Å²) in [6.07, 6.45) is 1.69. The number of benzene rings is 1. The number of aryl methyl sites for hydroxylation is 1. The van der Waals surface area contributed by atoms with Gasteiger partial charge in [-0.3, -0.25) is 4.79 Å². The van der Waals surface area contributed by atoms with Crippen LogP contribution < -0.4 is 5.32 Å². The molecule has 4 nitrogen and oxygen atoms in total. The second kappa shape index (κ2) is 5.21. The Morgan fingerprint density at radius 2 is 2.00 bits per heavy atom. The van der Waals surface area contributed by atoms with E-state index in [1.54, 1.807) is 24.4 Å². The molecule has 1 N–H and O–H groups in total. The van der Waals surface area contributed by atoms with Gasteiger partial charge in [-0.05, 0) is 25.1 Å². The monoisotopic (exact) mass is 227 g/mol. The highest BCUT2D eigenvalue weighted by atomic mass is 16.1. The first-order valence-electron chi connectivity index (χ1n) is 5.37. The Morgan fingerprint density at radius 1 is 1.24 bits per heavy atom. The molecule has 86 valence electrons. The fourth-order valence-electron chi connectivity index (χ4n) is 1.47. The molecule has 0 aliphatic rings. The number of carbonyl (C=O) groups is 1. The normalized spacial score (nSPS) is 9.94. The third-order valence-corrected chi connectivity index (χ3v) is 2.30. The van der Waals surface area contributed by atoms with Gasteiger partial charge in [0.25, 0.3) is 5.91 Å². The van der Waals surface area contributed by atoms with Gasteiger partial charge in [-0.15, -0.1) is 0 Å². The van der Waals surface area contributed by atoms with Crippen LogP contribution in [0.3, 0.4) is 0 Å². The summed E-state index contributed by atoms with van der Waals surface area (Å²) in [4.78, 5) is 20.0. The van der Waals surface area contributed by atoms with Gasteiger partial charge in [0.1, 0.15) is 5.82 Å². The van der Waals surface area contributed by atoms with E-state index in [1.165, 1.54) is 0 Å². The Hall–Kier alpha value is -2.23. The van der Waals surface area contributed by atoms with Crippen LogP contribution in [0.25, 0.3) is 0 Å². The lowest BCUT2D eigenvalue weighted by atomic mass is 10.2. The summed E-state index contributed by atoms with van der Waals surface area (Å²) < 4.78 is 0. The zero-order valence-corrected chi connectivity index (χ0v) is 9.55. The van der Waals surface area contributed by atoms with Gasteiger partial charge in [-0.1, -0.05) is 18.2 Å². The van der Waals surface area contributed by atoms with Gasteiger partial charge in [0.2, 0.25) is 0 Å². The van der Waals surface area contributed by atoms with Crippen molar-refractivity contribution >= 4 is 5.91 Å². The molecular formula is C13H13N3O. The first-order chi connectivity index (χ1) is 8.25. The zero-order valence-electron chi connectivity index (χ0n) is 9.55. The molecule has 0 saturated heterocycles. The van der Waals surface area contributed by atoms with Crippen molar-refractivity contribution < 1.29 is 4.79 Å². The van der Waals surface area contributed by atoms with Gasteiger partial charge < -0.3 is 5.32 Å². The minimum Gasteiger partial charge on any atom is -0.346 e. The van der Waals surface area contributed by atoms with Gasteiger partial charge >= 0.3 is 0 Å². The molecule has 1 aromatic carbocycles. The topological polar surface area (TPSA) is 54.9 Å². The van der Waals surface area contributed by atoms with E-state index in [9.17, 15) is 4.79 Å².